The number of hydrogen-bond donors (Lipinski definition) is 2. The van der Waals surface area contributed by atoms with Gasteiger partial charge < -0.3 is 15.2 Å². The normalized spacial score (nSPS) is 18.1. The summed E-state index contributed by atoms with van der Waals surface area (Å²) in [5.41, 5.74) is -0.447. The van der Waals surface area contributed by atoms with E-state index >= 15 is 0 Å². The van der Waals surface area contributed by atoms with Crippen molar-refractivity contribution < 1.29 is 38.6 Å². The van der Waals surface area contributed by atoms with E-state index in [-0.39, 0.29) is 23.4 Å². The summed E-state index contributed by atoms with van der Waals surface area (Å²) in [6.07, 6.45) is 1.46. The van der Waals surface area contributed by atoms with Crippen LogP contribution >= 0.6 is 0 Å². The van der Waals surface area contributed by atoms with E-state index in [1.165, 1.54) is 19.1 Å². The topological polar surface area (TPSA) is 150 Å². The molecule has 4 rings (SSSR count). The number of carboxylic acid groups (broad SMARTS) is 1. The zero-order valence-electron chi connectivity index (χ0n) is 23.8. The Morgan fingerprint density at radius 3 is 2.10 bits per heavy atom. The van der Waals surface area contributed by atoms with Gasteiger partial charge in [0.1, 0.15) is 23.5 Å². The van der Waals surface area contributed by atoms with Gasteiger partial charge in [-0.15, -0.1) is 0 Å². The fraction of sp³-hybridized carbons (Fsp3) is 0.355. The van der Waals surface area contributed by atoms with Gasteiger partial charge in [-0.2, -0.15) is 0 Å². The number of allylic oxidation sites excluding steroid dienone is 1. The van der Waals surface area contributed by atoms with Crippen LogP contribution in [0, 0.1) is 5.92 Å². The van der Waals surface area contributed by atoms with Crippen molar-refractivity contribution in [1.82, 2.24) is 15.1 Å². The van der Waals surface area contributed by atoms with Gasteiger partial charge in [0.05, 0.1) is 17.5 Å². The van der Waals surface area contributed by atoms with E-state index in [0.29, 0.717) is 12.0 Å². The number of nitrogens with zero attached hydrogens (tertiary/aromatic N) is 2. The highest BCUT2D eigenvalue weighted by molar-refractivity contribution is 6.23. The lowest BCUT2D eigenvalue weighted by Gasteiger charge is -2.40. The van der Waals surface area contributed by atoms with Crippen LogP contribution in [-0.4, -0.2) is 68.2 Å². The monoisotopic (exact) mass is 575 g/mol. The quantitative estimate of drug-likeness (QED) is 0.359. The molecule has 4 amide bonds. The number of carbonyl (C=O) groups is 6. The number of esters is 1. The van der Waals surface area contributed by atoms with Gasteiger partial charge >= 0.3 is 11.9 Å². The molecule has 0 fully saturated rings. The highest BCUT2D eigenvalue weighted by Crippen LogP contribution is 2.32. The maximum absolute atomic E-state index is 14.5. The van der Waals surface area contributed by atoms with Crippen LogP contribution in [-0.2, 0) is 19.1 Å². The zero-order chi connectivity index (χ0) is 30.8. The third-order valence-electron chi connectivity index (χ3n) is 6.94. The predicted molar refractivity (Wildman–Crippen MR) is 150 cm³/mol. The van der Waals surface area contributed by atoms with Crippen molar-refractivity contribution in [2.75, 3.05) is 0 Å². The van der Waals surface area contributed by atoms with Crippen LogP contribution in [0.3, 0.4) is 0 Å². The molecule has 220 valence electrons. The summed E-state index contributed by atoms with van der Waals surface area (Å²) >= 11 is 0. The molecule has 2 aliphatic heterocycles. The van der Waals surface area contributed by atoms with Gasteiger partial charge in [0, 0.05) is 5.56 Å². The molecule has 3 atom stereocenters. The lowest BCUT2D eigenvalue weighted by atomic mass is 9.93. The first-order valence-electron chi connectivity index (χ1n) is 13.6. The lowest BCUT2D eigenvalue weighted by molar-refractivity contribution is -0.165. The Kier molecular flexibility index (Phi) is 8.60. The summed E-state index contributed by atoms with van der Waals surface area (Å²) in [6.45, 7) is 6.46. The standard InChI is InChI=1S/C31H33N3O8/c1-18(17-24(35)36)25(34-27(38)20-13-8-9-14-21(20)28(34)39)29(40)33-22(30(41)42-31(2,3)4)15-10-16-23(33)32-26(37)19-11-6-5-7-12-19/h5-9,11-14,16,18,22,25H,10,15,17H2,1-4H3,(H,32,37)(H,35,36)/t18-,22?,25?/m1/s1. The minimum Gasteiger partial charge on any atom is -0.481 e. The van der Waals surface area contributed by atoms with Crippen molar-refractivity contribution in [3.63, 3.8) is 0 Å². The van der Waals surface area contributed by atoms with Crippen molar-refractivity contribution >= 4 is 35.6 Å². The summed E-state index contributed by atoms with van der Waals surface area (Å²) in [7, 11) is 0. The number of rotatable bonds is 8. The molecule has 0 saturated carbocycles. The Morgan fingerprint density at radius 1 is 0.976 bits per heavy atom. The highest BCUT2D eigenvalue weighted by Gasteiger charge is 2.49. The summed E-state index contributed by atoms with van der Waals surface area (Å²) in [5, 5.41) is 12.3. The molecule has 0 bridgehead atoms. The largest absolute Gasteiger partial charge is 0.481 e. The summed E-state index contributed by atoms with van der Waals surface area (Å²) in [6, 6.07) is 11.5. The number of carboxylic acids is 1. The molecule has 2 heterocycles. The first-order chi connectivity index (χ1) is 19.8. The van der Waals surface area contributed by atoms with E-state index in [4.69, 9.17) is 4.74 Å². The second kappa shape index (κ2) is 12.0. The number of hydrogen-bond acceptors (Lipinski definition) is 7. The van der Waals surface area contributed by atoms with E-state index in [0.717, 1.165) is 9.80 Å². The molecule has 11 heteroatoms. The maximum atomic E-state index is 14.5. The van der Waals surface area contributed by atoms with Gasteiger partial charge in [-0.3, -0.25) is 33.8 Å². The second-order valence-electron chi connectivity index (χ2n) is 11.3. The molecule has 2 aliphatic rings. The highest BCUT2D eigenvalue weighted by atomic mass is 16.6. The number of ether oxygens (including phenoxy) is 1. The Labute approximate surface area is 243 Å². The summed E-state index contributed by atoms with van der Waals surface area (Å²) in [5.74, 6) is -6.03. The second-order valence-corrected chi connectivity index (χ2v) is 11.3. The smallest absolute Gasteiger partial charge is 0.329 e. The maximum Gasteiger partial charge on any atom is 0.329 e. The van der Waals surface area contributed by atoms with Crippen LogP contribution in [0.15, 0.2) is 66.5 Å². The molecular formula is C31H33N3O8. The average Bonchev–Trinajstić information content (AvgIpc) is 3.17. The van der Waals surface area contributed by atoms with Gasteiger partial charge in [-0.05, 0) is 69.9 Å². The van der Waals surface area contributed by atoms with Gasteiger partial charge in [0.15, 0.2) is 0 Å². The molecule has 0 spiro atoms. The van der Waals surface area contributed by atoms with Crippen LogP contribution in [0.5, 0.6) is 0 Å². The Balaban J connectivity index is 1.79. The van der Waals surface area contributed by atoms with E-state index in [1.807, 2.05) is 0 Å². The third-order valence-corrected chi connectivity index (χ3v) is 6.94. The minimum absolute atomic E-state index is 0.0277. The molecule has 0 saturated heterocycles. The van der Waals surface area contributed by atoms with E-state index in [1.54, 1.807) is 69.3 Å². The Hall–Kier alpha value is -4.80. The third kappa shape index (κ3) is 6.24. The molecule has 2 aromatic carbocycles. The fourth-order valence-corrected chi connectivity index (χ4v) is 5.13. The number of aliphatic carboxylic acids is 1. The van der Waals surface area contributed by atoms with E-state index in [2.05, 4.69) is 5.32 Å². The van der Waals surface area contributed by atoms with Crippen LogP contribution in [0.25, 0.3) is 0 Å². The number of fused-ring (bicyclic) bond motifs is 1. The molecule has 11 nitrogen and oxygen atoms in total. The minimum atomic E-state index is -1.60. The van der Waals surface area contributed by atoms with Crippen molar-refractivity contribution in [1.29, 1.82) is 0 Å². The van der Waals surface area contributed by atoms with Crippen LogP contribution < -0.4 is 5.32 Å². The number of nitrogens with one attached hydrogen (secondary N) is 1. The molecule has 2 aromatic rings. The van der Waals surface area contributed by atoms with Crippen LogP contribution in [0.4, 0.5) is 0 Å². The van der Waals surface area contributed by atoms with Gasteiger partial charge in [0.25, 0.3) is 23.6 Å². The van der Waals surface area contributed by atoms with E-state index in [9.17, 15) is 33.9 Å². The molecular weight excluding hydrogens is 542 g/mol. The number of carbonyl (C=O) groups excluding carboxylic acids is 5. The van der Waals surface area contributed by atoms with E-state index < -0.39 is 65.6 Å². The SMILES string of the molecule is C[C@H](CC(=O)O)C(C(=O)N1C(NC(=O)c2ccccc2)=CCCC1C(=O)OC(C)(C)C)N1C(=O)c2ccccc2C1=O. The molecule has 0 aromatic heterocycles. The number of benzene rings is 2. The van der Waals surface area contributed by atoms with Crippen LogP contribution in [0.2, 0.25) is 0 Å². The predicted octanol–water partition coefficient (Wildman–Crippen LogP) is 3.37. The fourth-order valence-electron chi connectivity index (χ4n) is 5.13. The van der Waals surface area contributed by atoms with Crippen molar-refractivity contribution in [2.24, 2.45) is 5.92 Å². The molecule has 0 radical (unpaired) electrons. The first kappa shape index (κ1) is 30.2. The van der Waals surface area contributed by atoms with Gasteiger partial charge in [-0.25, -0.2) is 4.79 Å². The summed E-state index contributed by atoms with van der Waals surface area (Å²) in [4.78, 5) is 81.6. The van der Waals surface area contributed by atoms with Gasteiger partial charge in [0.2, 0.25) is 0 Å². The Bertz CT molecular complexity index is 1430. The lowest BCUT2D eigenvalue weighted by Crippen LogP contribution is -2.60. The number of imide groups is 1. The van der Waals surface area contributed by atoms with Crippen molar-refractivity contribution in [3.8, 4) is 0 Å². The first-order valence-corrected chi connectivity index (χ1v) is 13.6. The van der Waals surface area contributed by atoms with Crippen molar-refractivity contribution in [3.05, 3.63) is 83.2 Å². The summed E-state index contributed by atoms with van der Waals surface area (Å²) < 4.78 is 5.60. The molecule has 42 heavy (non-hydrogen) atoms. The van der Waals surface area contributed by atoms with Crippen molar-refractivity contribution in [2.45, 2.75) is 64.6 Å². The average molecular weight is 576 g/mol. The molecule has 2 N–H and O–H groups in total. The molecule has 2 unspecified atom stereocenters. The molecule has 0 aliphatic carbocycles. The Morgan fingerprint density at radius 2 is 1.55 bits per heavy atom. The number of amides is 4. The van der Waals surface area contributed by atoms with Crippen LogP contribution in [0.1, 0.15) is 78.0 Å². The zero-order valence-corrected chi connectivity index (χ0v) is 23.8. The van der Waals surface area contributed by atoms with Gasteiger partial charge in [-0.1, -0.05) is 37.3 Å².